The number of anilines is 2. The van der Waals surface area contributed by atoms with E-state index in [0.29, 0.717) is 24.7 Å². The van der Waals surface area contributed by atoms with Gasteiger partial charge in [-0.1, -0.05) is 6.07 Å². The summed E-state index contributed by atoms with van der Waals surface area (Å²) in [4.78, 5) is 19.6. The van der Waals surface area contributed by atoms with Gasteiger partial charge in [0.15, 0.2) is 0 Å². The minimum atomic E-state index is 0.485. The molecule has 0 aliphatic heterocycles. The number of nitrogens with two attached hydrogens (primary N) is 1. The summed E-state index contributed by atoms with van der Waals surface area (Å²) in [6, 6.07) is 12.1. The number of methoxy groups -OCH3 is 1. The molecule has 3 heterocycles. The molecule has 0 bridgehead atoms. The number of rotatable bonds is 7. The number of nitrogens with one attached hydrogen (secondary N) is 3. The number of benzene rings is 2. The van der Waals surface area contributed by atoms with Gasteiger partial charge in [0, 0.05) is 41.8 Å². The molecule has 3 aromatic heterocycles. The number of aromatic nitrogens is 5. The number of ether oxygens (including phenoxy) is 1. The molecule has 8 heteroatoms. The Morgan fingerprint density at radius 3 is 2.84 bits per heavy atom. The first-order valence-corrected chi connectivity index (χ1v) is 10.1. The van der Waals surface area contributed by atoms with Crippen LogP contribution in [0.5, 0.6) is 5.75 Å². The molecule has 0 saturated heterocycles. The molecule has 0 unspecified atom stereocenters. The Hall–Kier alpha value is -4.07. The SMILES string of the molecule is COc1ccc2[nH]cc(CCNc3ncc(Cc4ccc5nc[nH]c5c4)c(N)n3)c2c1. The van der Waals surface area contributed by atoms with Crippen LogP contribution in [0.15, 0.2) is 55.1 Å². The third kappa shape index (κ3) is 3.87. The maximum Gasteiger partial charge on any atom is 0.224 e. The smallest absolute Gasteiger partial charge is 0.224 e. The van der Waals surface area contributed by atoms with E-state index in [1.165, 1.54) is 5.56 Å². The molecule has 0 aliphatic rings. The first-order valence-electron chi connectivity index (χ1n) is 10.1. The van der Waals surface area contributed by atoms with E-state index >= 15 is 0 Å². The van der Waals surface area contributed by atoms with Crippen molar-refractivity contribution in [3.63, 3.8) is 0 Å². The van der Waals surface area contributed by atoms with Crippen LogP contribution in [0.3, 0.4) is 0 Å². The van der Waals surface area contributed by atoms with Crippen LogP contribution in [-0.2, 0) is 12.8 Å². The van der Waals surface area contributed by atoms with Gasteiger partial charge in [0.05, 0.1) is 24.5 Å². The molecule has 0 amide bonds. The first-order chi connectivity index (χ1) is 15.2. The monoisotopic (exact) mass is 413 g/mol. The summed E-state index contributed by atoms with van der Waals surface area (Å²) < 4.78 is 5.34. The molecule has 5 aromatic rings. The van der Waals surface area contributed by atoms with E-state index in [2.05, 4.69) is 36.3 Å². The largest absolute Gasteiger partial charge is 0.497 e. The minimum absolute atomic E-state index is 0.485. The van der Waals surface area contributed by atoms with Crippen LogP contribution in [-0.4, -0.2) is 38.6 Å². The second kappa shape index (κ2) is 7.98. The Morgan fingerprint density at radius 2 is 1.97 bits per heavy atom. The van der Waals surface area contributed by atoms with Gasteiger partial charge in [-0.15, -0.1) is 0 Å². The highest BCUT2D eigenvalue weighted by Crippen LogP contribution is 2.24. The Morgan fingerprint density at radius 1 is 1.03 bits per heavy atom. The summed E-state index contributed by atoms with van der Waals surface area (Å²) in [5.41, 5.74) is 12.5. The third-order valence-electron chi connectivity index (χ3n) is 5.43. The molecule has 31 heavy (non-hydrogen) atoms. The van der Waals surface area contributed by atoms with Gasteiger partial charge in [-0.3, -0.25) is 0 Å². The van der Waals surface area contributed by atoms with Crippen LogP contribution in [0.4, 0.5) is 11.8 Å². The summed E-state index contributed by atoms with van der Waals surface area (Å²) in [6.45, 7) is 0.694. The van der Waals surface area contributed by atoms with Crippen molar-refractivity contribution < 1.29 is 4.74 Å². The van der Waals surface area contributed by atoms with Crippen LogP contribution in [0.1, 0.15) is 16.7 Å². The lowest BCUT2D eigenvalue weighted by atomic mass is 10.1. The molecule has 0 aliphatic carbocycles. The zero-order chi connectivity index (χ0) is 21.2. The average molecular weight is 413 g/mol. The van der Waals surface area contributed by atoms with Crippen molar-refractivity contribution in [3.05, 3.63) is 71.8 Å². The fourth-order valence-electron chi connectivity index (χ4n) is 3.75. The Bertz CT molecular complexity index is 1350. The lowest BCUT2D eigenvalue weighted by Crippen LogP contribution is -2.10. The van der Waals surface area contributed by atoms with Crippen LogP contribution >= 0.6 is 0 Å². The van der Waals surface area contributed by atoms with Crippen molar-refractivity contribution in [3.8, 4) is 5.75 Å². The lowest BCUT2D eigenvalue weighted by molar-refractivity contribution is 0.415. The van der Waals surface area contributed by atoms with Gasteiger partial charge < -0.3 is 25.8 Å². The molecule has 5 N–H and O–H groups in total. The zero-order valence-electron chi connectivity index (χ0n) is 17.1. The van der Waals surface area contributed by atoms with E-state index in [1.807, 2.05) is 36.5 Å². The van der Waals surface area contributed by atoms with Crippen molar-refractivity contribution in [2.75, 3.05) is 24.7 Å². The Labute approximate surface area is 178 Å². The van der Waals surface area contributed by atoms with Gasteiger partial charge in [0.1, 0.15) is 11.6 Å². The highest BCUT2D eigenvalue weighted by molar-refractivity contribution is 5.84. The average Bonchev–Trinajstić information content (AvgIpc) is 3.42. The van der Waals surface area contributed by atoms with Crippen molar-refractivity contribution in [1.29, 1.82) is 0 Å². The van der Waals surface area contributed by atoms with Crippen LogP contribution in [0.25, 0.3) is 21.9 Å². The standard InChI is InChI=1S/C23H23N7O/c1-31-17-3-5-19-18(10-17)15(11-26-19)6-7-25-23-27-12-16(22(24)30-23)8-14-2-4-20-21(9-14)29-13-28-20/h2-5,9-13,26H,6-8H2,1H3,(H,28,29)(H3,24,25,27,30). The van der Waals surface area contributed by atoms with E-state index < -0.39 is 0 Å². The molecule has 0 atom stereocenters. The fourth-order valence-corrected chi connectivity index (χ4v) is 3.75. The molecule has 8 nitrogen and oxygen atoms in total. The Balaban J connectivity index is 1.24. The van der Waals surface area contributed by atoms with Crippen LogP contribution < -0.4 is 15.8 Å². The summed E-state index contributed by atoms with van der Waals surface area (Å²) in [7, 11) is 1.68. The van der Waals surface area contributed by atoms with Crippen molar-refractivity contribution in [2.45, 2.75) is 12.8 Å². The van der Waals surface area contributed by atoms with E-state index in [9.17, 15) is 0 Å². The number of hydrogen-bond acceptors (Lipinski definition) is 6. The molecule has 156 valence electrons. The molecule has 0 fully saturated rings. The van der Waals surface area contributed by atoms with Crippen LogP contribution in [0.2, 0.25) is 0 Å². The zero-order valence-corrected chi connectivity index (χ0v) is 17.1. The van der Waals surface area contributed by atoms with E-state index in [1.54, 1.807) is 19.6 Å². The molecular weight excluding hydrogens is 390 g/mol. The van der Waals surface area contributed by atoms with Gasteiger partial charge in [-0.25, -0.2) is 9.97 Å². The summed E-state index contributed by atoms with van der Waals surface area (Å²) in [6.07, 6.45) is 7.00. The van der Waals surface area contributed by atoms with Gasteiger partial charge in [0.25, 0.3) is 0 Å². The number of nitrogens with zero attached hydrogens (tertiary/aromatic N) is 3. The minimum Gasteiger partial charge on any atom is -0.497 e. The van der Waals surface area contributed by atoms with Gasteiger partial charge in [0.2, 0.25) is 5.95 Å². The van der Waals surface area contributed by atoms with Crippen molar-refractivity contribution in [2.24, 2.45) is 0 Å². The maximum absolute atomic E-state index is 6.20. The molecule has 0 radical (unpaired) electrons. The van der Waals surface area contributed by atoms with Gasteiger partial charge >= 0.3 is 0 Å². The highest BCUT2D eigenvalue weighted by Gasteiger charge is 2.08. The lowest BCUT2D eigenvalue weighted by Gasteiger charge is -2.09. The molecular formula is C23H23N7O. The third-order valence-corrected chi connectivity index (χ3v) is 5.43. The topological polar surface area (TPSA) is 118 Å². The summed E-state index contributed by atoms with van der Waals surface area (Å²) in [5, 5.41) is 4.43. The summed E-state index contributed by atoms with van der Waals surface area (Å²) >= 11 is 0. The molecule has 2 aromatic carbocycles. The first kappa shape index (κ1) is 18.9. The molecule has 5 rings (SSSR count). The predicted octanol–water partition coefficient (Wildman–Crippen LogP) is 3.67. The number of aromatic amines is 2. The van der Waals surface area contributed by atoms with Gasteiger partial charge in [-0.05, 0) is 47.9 Å². The highest BCUT2D eigenvalue weighted by atomic mass is 16.5. The van der Waals surface area contributed by atoms with Gasteiger partial charge in [-0.2, -0.15) is 4.98 Å². The van der Waals surface area contributed by atoms with E-state index in [0.717, 1.165) is 45.2 Å². The number of H-pyrrole nitrogens is 2. The Kier molecular flexibility index (Phi) is 4.87. The second-order valence-corrected chi connectivity index (χ2v) is 7.44. The fraction of sp³-hybridized carbons (Fsp3) is 0.174. The van der Waals surface area contributed by atoms with Crippen molar-refractivity contribution >= 4 is 33.7 Å². The normalized spacial score (nSPS) is 11.3. The number of nitrogen functional groups attached to an aromatic ring is 1. The second-order valence-electron chi connectivity index (χ2n) is 7.44. The predicted molar refractivity (Wildman–Crippen MR) is 122 cm³/mol. The molecule has 0 saturated carbocycles. The molecule has 0 spiro atoms. The number of imidazole rings is 1. The van der Waals surface area contributed by atoms with E-state index in [4.69, 9.17) is 10.5 Å². The van der Waals surface area contributed by atoms with Crippen LogP contribution in [0, 0.1) is 0 Å². The van der Waals surface area contributed by atoms with Crippen molar-refractivity contribution in [1.82, 2.24) is 24.9 Å². The van der Waals surface area contributed by atoms with E-state index in [-0.39, 0.29) is 0 Å². The maximum atomic E-state index is 6.20. The quantitative estimate of drug-likeness (QED) is 0.323. The number of fused-ring (bicyclic) bond motifs is 2. The number of hydrogen-bond donors (Lipinski definition) is 4. The summed E-state index contributed by atoms with van der Waals surface area (Å²) in [5.74, 6) is 1.86.